The Hall–Kier alpha value is -2.22. The van der Waals surface area contributed by atoms with Crippen molar-refractivity contribution in [2.24, 2.45) is 10.7 Å². The molecule has 1 aliphatic heterocycles. The van der Waals surface area contributed by atoms with Gasteiger partial charge in [-0.1, -0.05) is 54.0 Å². The van der Waals surface area contributed by atoms with Crippen LogP contribution < -0.4 is 10.5 Å². The number of primary amides is 1. The highest BCUT2D eigenvalue weighted by molar-refractivity contribution is 8.14. The van der Waals surface area contributed by atoms with Crippen molar-refractivity contribution in [1.29, 1.82) is 0 Å². The summed E-state index contributed by atoms with van der Waals surface area (Å²) in [6, 6.07) is 12.1. The van der Waals surface area contributed by atoms with Crippen LogP contribution in [-0.2, 0) is 16.0 Å². The molecule has 1 unspecified atom stereocenters. The first-order valence-corrected chi connectivity index (χ1v) is 11.1. The number of benzene rings is 2. The molecule has 0 aromatic heterocycles. The van der Waals surface area contributed by atoms with E-state index >= 15 is 0 Å². The summed E-state index contributed by atoms with van der Waals surface area (Å²) in [5.41, 5.74) is 6.62. The summed E-state index contributed by atoms with van der Waals surface area (Å²) in [7, 11) is 0. The Kier molecular flexibility index (Phi) is 7.64. The minimum absolute atomic E-state index is 0.0468. The van der Waals surface area contributed by atoms with Crippen LogP contribution in [-0.4, -0.2) is 40.3 Å². The Morgan fingerprint density at radius 3 is 2.57 bits per heavy atom. The maximum absolute atomic E-state index is 12.9. The fourth-order valence-electron chi connectivity index (χ4n) is 2.95. The van der Waals surface area contributed by atoms with Crippen molar-refractivity contribution in [3.8, 4) is 5.75 Å². The van der Waals surface area contributed by atoms with E-state index in [1.54, 1.807) is 47.4 Å². The third-order valence-corrected chi connectivity index (χ3v) is 6.34. The van der Waals surface area contributed by atoms with E-state index in [9.17, 15) is 9.59 Å². The monoisotopic (exact) mass is 465 g/mol. The van der Waals surface area contributed by atoms with E-state index in [0.717, 1.165) is 17.7 Å². The number of thioether (sulfide) groups is 1. The van der Waals surface area contributed by atoms with Gasteiger partial charge in [-0.05, 0) is 42.3 Å². The normalized spacial score (nSPS) is 17.4. The molecule has 2 aromatic carbocycles. The van der Waals surface area contributed by atoms with Crippen molar-refractivity contribution in [3.63, 3.8) is 0 Å². The summed E-state index contributed by atoms with van der Waals surface area (Å²) in [5.74, 6) is 0.737. The Balaban J connectivity index is 1.70. The number of nitrogens with zero attached hydrogens (tertiary/aromatic N) is 2. The first-order valence-electron chi connectivity index (χ1n) is 9.36. The minimum atomic E-state index is -0.398. The first-order chi connectivity index (χ1) is 14.4. The second-order valence-electron chi connectivity index (χ2n) is 6.71. The van der Waals surface area contributed by atoms with Crippen LogP contribution in [0.1, 0.15) is 18.9 Å². The van der Waals surface area contributed by atoms with E-state index in [-0.39, 0.29) is 25.0 Å². The van der Waals surface area contributed by atoms with Crippen LogP contribution in [0, 0.1) is 0 Å². The molecule has 1 fully saturated rings. The number of carbonyl (C=O) groups is 2. The molecule has 1 saturated heterocycles. The van der Waals surface area contributed by atoms with Gasteiger partial charge >= 0.3 is 0 Å². The zero-order chi connectivity index (χ0) is 21.7. The van der Waals surface area contributed by atoms with Crippen LogP contribution >= 0.6 is 35.0 Å². The molecule has 1 aliphatic rings. The molecule has 158 valence electrons. The highest BCUT2D eigenvalue weighted by Crippen LogP contribution is 2.31. The maximum Gasteiger partial charge on any atom is 0.266 e. The van der Waals surface area contributed by atoms with Gasteiger partial charge in [-0.15, -0.1) is 0 Å². The molecule has 1 atom stereocenters. The van der Waals surface area contributed by atoms with Crippen LogP contribution in [0.15, 0.2) is 47.5 Å². The molecule has 3 rings (SSSR count). The molecule has 2 aromatic rings. The van der Waals surface area contributed by atoms with Gasteiger partial charge in [0.05, 0.1) is 22.2 Å². The highest BCUT2D eigenvalue weighted by Gasteiger charge is 2.34. The van der Waals surface area contributed by atoms with Crippen LogP contribution in [0.2, 0.25) is 10.0 Å². The molecule has 1 heterocycles. The fourth-order valence-corrected chi connectivity index (χ4v) is 4.53. The molecule has 6 nitrogen and oxygen atoms in total. The summed E-state index contributed by atoms with van der Waals surface area (Å²) >= 11 is 13.6. The zero-order valence-electron chi connectivity index (χ0n) is 16.3. The van der Waals surface area contributed by atoms with Crippen LogP contribution in [0.25, 0.3) is 0 Å². The number of carbonyl (C=O) groups excluding carboxylic acids is 2. The second kappa shape index (κ2) is 10.2. The number of amides is 2. The molecule has 30 heavy (non-hydrogen) atoms. The van der Waals surface area contributed by atoms with Crippen molar-refractivity contribution in [3.05, 3.63) is 58.1 Å². The predicted octanol–water partition coefficient (Wildman–Crippen LogP) is 4.44. The number of aliphatic imine (C=N–C) groups is 1. The van der Waals surface area contributed by atoms with Crippen molar-refractivity contribution < 1.29 is 14.3 Å². The van der Waals surface area contributed by atoms with Crippen molar-refractivity contribution in [2.45, 2.75) is 25.8 Å². The lowest BCUT2D eigenvalue weighted by molar-refractivity contribution is -0.130. The van der Waals surface area contributed by atoms with E-state index in [2.05, 4.69) is 4.99 Å². The molecule has 9 heteroatoms. The lowest BCUT2D eigenvalue weighted by Crippen LogP contribution is -2.41. The second-order valence-corrected chi connectivity index (χ2v) is 8.51. The van der Waals surface area contributed by atoms with Gasteiger partial charge in [-0.25, -0.2) is 4.99 Å². The van der Waals surface area contributed by atoms with E-state index < -0.39 is 5.91 Å². The van der Waals surface area contributed by atoms with Crippen molar-refractivity contribution >= 4 is 57.6 Å². The fraction of sp³-hybridized carbons (Fsp3) is 0.286. The zero-order valence-corrected chi connectivity index (χ0v) is 18.6. The standard InChI is InChI=1S/C21H21Cl2N3O3S/c1-2-15-12-30-21(25-14-5-8-17(22)18(23)10-14)26(15)20(28)11-29-16-6-3-13(4-7-16)9-19(24)27/h3-8,10,15H,2,9,11-12H2,1H3,(H2,24,27). The molecule has 0 bridgehead atoms. The topological polar surface area (TPSA) is 85.0 Å². The molecule has 0 saturated carbocycles. The van der Waals surface area contributed by atoms with Gasteiger partial charge in [0, 0.05) is 11.8 Å². The van der Waals surface area contributed by atoms with Crippen LogP contribution in [0.3, 0.4) is 0 Å². The number of ether oxygens (including phenoxy) is 1. The quantitative estimate of drug-likeness (QED) is 0.654. The van der Waals surface area contributed by atoms with E-state index in [1.807, 2.05) is 6.92 Å². The van der Waals surface area contributed by atoms with Crippen LogP contribution in [0.5, 0.6) is 5.75 Å². The van der Waals surface area contributed by atoms with Crippen molar-refractivity contribution in [1.82, 2.24) is 4.90 Å². The lowest BCUT2D eigenvalue weighted by Gasteiger charge is -2.23. The third kappa shape index (κ3) is 5.68. The molecular formula is C21H21Cl2N3O3S. The van der Waals surface area contributed by atoms with Crippen LogP contribution in [0.4, 0.5) is 5.69 Å². The van der Waals surface area contributed by atoms with E-state index in [4.69, 9.17) is 33.7 Å². The summed E-state index contributed by atoms with van der Waals surface area (Å²) in [4.78, 5) is 30.2. The largest absolute Gasteiger partial charge is 0.484 e. The molecule has 2 amide bonds. The average molecular weight is 466 g/mol. The number of amidine groups is 1. The Morgan fingerprint density at radius 1 is 1.20 bits per heavy atom. The van der Waals surface area contributed by atoms with Gasteiger partial charge in [0.15, 0.2) is 11.8 Å². The van der Waals surface area contributed by atoms with Gasteiger partial charge in [-0.2, -0.15) is 0 Å². The summed E-state index contributed by atoms with van der Waals surface area (Å²) in [6.45, 7) is 1.92. The van der Waals surface area contributed by atoms with E-state index in [0.29, 0.717) is 26.6 Å². The number of halogens is 2. The SMILES string of the molecule is CCC1CSC(=Nc2ccc(Cl)c(Cl)c2)N1C(=O)COc1ccc(CC(N)=O)cc1. The van der Waals surface area contributed by atoms with E-state index in [1.165, 1.54) is 11.8 Å². The van der Waals surface area contributed by atoms with Gasteiger partial charge in [-0.3, -0.25) is 14.5 Å². The van der Waals surface area contributed by atoms with Gasteiger partial charge in [0.1, 0.15) is 5.75 Å². The Morgan fingerprint density at radius 2 is 1.93 bits per heavy atom. The summed E-state index contributed by atoms with van der Waals surface area (Å²) in [6.07, 6.45) is 0.970. The number of nitrogens with two attached hydrogens (primary N) is 1. The molecule has 0 spiro atoms. The van der Waals surface area contributed by atoms with Gasteiger partial charge < -0.3 is 10.5 Å². The maximum atomic E-state index is 12.9. The third-order valence-electron chi connectivity index (χ3n) is 4.51. The molecule has 0 radical (unpaired) electrons. The minimum Gasteiger partial charge on any atom is -0.484 e. The highest BCUT2D eigenvalue weighted by atomic mass is 35.5. The summed E-state index contributed by atoms with van der Waals surface area (Å²) in [5, 5.41) is 1.48. The number of hydrogen-bond acceptors (Lipinski definition) is 5. The molecule has 2 N–H and O–H groups in total. The van der Waals surface area contributed by atoms with Crippen molar-refractivity contribution in [2.75, 3.05) is 12.4 Å². The number of rotatable bonds is 7. The lowest BCUT2D eigenvalue weighted by atomic mass is 10.1. The molecule has 0 aliphatic carbocycles. The average Bonchev–Trinajstić information content (AvgIpc) is 3.12. The predicted molar refractivity (Wildman–Crippen MR) is 122 cm³/mol. The molecular weight excluding hydrogens is 445 g/mol. The number of hydrogen-bond donors (Lipinski definition) is 1. The first kappa shape index (κ1) is 22.5. The smallest absolute Gasteiger partial charge is 0.266 e. The van der Waals surface area contributed by atoms with Gasteiger partial charge in [0.25, 0.3) is 5.91 Å². The Labute approximate surface area is 189 Å². The van der Waals surface area contributed by atoms with Gasteiger partial charge in [0.2, 0.25) is 5.91 Å². The summed E-state index contributed by atoms with van der Waals surface area (Å²) < 4.78 is 5.66. The Bertz CT molecular complexity index is 966.